The van der Waals surface area contributed by atoms with E-state index in [1.165, 1.54) is 22.4 Å². The molecule has 1 saturated carbocycles. The van der Waals surface area contributed by atoms with Gasteiger partial charge in [-0.3, -0.25) is 4.79 Å². The Kier molecular flexibility index (Phi) is 2.43. The lowest BCUT2D eigenvalue weighted by molar-refractivity contribution is 0.0959. The molecule has 1 heterocycles. The number of rotatable bonds is 2. The maximum atomic E-state index is 12.6. The summed E-state index contributed by atoms with van der Waals surface area (Å²) in [6.45, 7) is 2.07. The third-order valence-electron chi connectivity index (χ3n) is 4.65. The van der Waals surface area contributed by atoms with E-state index in [1.807, 2.05) is 11.4 Å². The van der Waals surface area contributed by atoms with Gasteiger partial charge in [0.15, 0.2) is 5.78 Å². The molecule has 96 valence electrons. The van der Waals surface area contributed by atoms with Gasteiger partial charge in [0.25, 0.3) is 0 Å². The van der Waals surface area contributed by atoms with Gasteiger partial charge in [0.2, 0.25) is 0 Å². The largest absolute Gasteiger partial charge is 0.294 e. The van der Waals surface area contributed by atoms with Crippen LogP contribution in [0.25, 0.3) is 0 Å². The zero-order chi connectivity index (χ0) is 13.0. The molecule has 2 aliphatic carbocycles. The summed E-state index contributed by atoms with van der Waals surface area (Å²) in [5, 5.41) is 2.02. The van der Waals surface area contributed by atoms with Gasteiger partial charge in [-0.25, -0.2) is 0 Å². The topological polar surface area (TPSA) is 17.1 Å². The highest BCUT2D eigenvalue weighted by molar-refractivity contribution is 7.10. The van der Waals surface area contributed by atoms with Crippen molar-refractivity contribution in [1.29, 1.82) is 0 Å². The van der Waals surface area contributed by atoms with E-state index in [4.69, 9.17) is 0 Å². The quantitative estimate of drug-likeness (QED) is 0.745. The van der Waals surface area contributed by atoms with Crippen LogP contribution in [-0.4, -0.2) is 5.78 Å². The number of carbonyl (C=O) groups excluding carboxylic acids is 1. The minimum Gasteiger partial charge on any atom is -0.294 e. The number of carbonyl (C=O) groups is 1. The molecule has 3 atom stereocenters. The highest BCUT2D eigenvalue weighted by atomic mass is 32.1. The van der Waals surface area contributed by atoms with Crippen LogP contribution < -0.4 is 0 Å². The number of benzene rings is 1. The average molecular weight is 268 g/mol. The van der Waals surface area contributed by atoms with Crippen molar-refractivity contribution >= 4 is 17.1 Å². The molecule has 0 aliphatic heterocycles. The lowest BCUT2D eigenvalue weighted by atomic mass is 9.92. The van der Waals surface area contributed by atoms with Crippen LogP contribution in [0.4, 0.5) is 0 Å². The summed E-state index contributed by atoms with van der Waals surface area (Å²) in [6.07, 6.45) is 2.32. The first-order valence-electron chi connectivity index (χ1n) is 6.93. The normalized spacial score (nSPS) is 27.5. The Morgan fingerprint density at radius 3 is 2.95 bits per heavy atom. The van der Waals surface area contributed by atoms with Gasteiger partial charge in [0, 0.05) is 21.7 Å². The Morgan fingerprint density at radius 1 is 1.32 bits per heavy atom. The molecule has 1 aromatic heterocycles. The van der Waals surface area contributed by atoms with E-state index in [0.717, 1.165) is 12.0 Å². The van der Waals surface area contributed by atoms with E-state index in [2.05, 4.69) is 31.2 Å². The molecule has 0 saturated heterocycles. The fourth-order valence-electron chi connectivity index (χ4n) is 3.69. The van der Waals surface area contributed by atoms with E-state index in [9.17, 15) is 4.79 Å². The highest BCUT2D eigenvalue weighted by Crippen LogP contribution is 2.60. The van der Waals surface area contributed by atoms with Crippen LogP contribution in [0, 0.1) is 18.8 Å². The van der Waals surface area contributed by atoms with Crippen molar-refractivity contribution in [2.75, 3.05) is 0 Å². The van der Waals surface area contributed by atoms with E-state index in [0.29, 0.717) is 17.6 Å². The number of Topliss-reactive ketones (excluding diaryl/α,β-unsaturated/α-hetero) is 1. The third kappa shape index (κ3) is 1.70. The van der Waals surface area contributed by atoms with Crippen molar-refractivity contribution in [3.8, 4) is 0 Å². The molecule has 19 heavy (non-hydrogen) atoms. The maximum Gasteiger partial charge on any atom is 0.167 e. The summed E-state index contributed by atoms with van der Waals surface area (Å²) in [7, 11) is 0. The minimum atomic E-state index is 0.248. The smallest absolute Gasteiger partial charge is 0.167 e. The first-order valence-corrected chi connectivity index (χ1v) is 7.81. The van der Waals surface area contributed by atoms with Gasteiger partial charge < -0.3 is 0 Å². The van der Waals surface area contributed by atoms with Gasteiger partial charge in [0.1, 0.15) is 0 Å². The Bertz CT molecular complexity index is 655. The van der Waals surface area contributed by atoms with Crippen LogP contribution in [0.2, 0.25) is 0 Å². The molecule has 0 N–H and O–H groups in total. The molecule has 0 amide bonds. The number of thiophene rings is 1. The molecule has 0 spiro atoms. The molecule has 4 rings (SSSR count). The van der Waals surface area contributed by atoms with Crippen molar-refractivity contribution in [2.24, 2.45) is 11.8 Å². The zero-order valence-electron chi connectivity index (χ0n) is 10.9. The van der Waals surface area contributed by atoms with Crippen molar-refractivity contribution in [2.45, 2.75) is 25.7 Å². The molecule has 2 heteroatoms. The van der Waals surface area contributed by atoms with Crippen LogP contribution in [0.3, 0.4) is 0 Å². The van der Waals surface area contributed by atoms with Gasteiger partial charge in [-0.05, 0) is 48.8 Å². The number of ketones is 1. The fourth-order valence-corrected chi connectivity index (χ4v) is 4.38. The van der Waals surface area contributed by atoms with Crippen molar-refractivity contribution in [1.82, 2.24) is 0 Å². The molecule has 0 bridgehead atoms. The van der Waals surface area contributed by atoms with Gasteiger partial charge >= 0.3 is 0 Å². The predicted octanol–water partition coefficient (Wildman–Crippen LogP) is 4.22. The molecule has 2 aromatic rings. The van der Waals surface area contributed by atoms with Crippen LogP contribution in [0.1, 0.15) is 38.7 Å². The summed E-state index contributed by atoms with van der Waals surface area (Å²) in [4.78, 5) is 13.8. The Labute approximate surface area is 117 Å². The lowest BCUT2D eigenvalue weighted by Crippen LogP contribution is -2.02. The molecule has 1 nitrogen and oxygen atoms in total. The van der Waals surface area contributed by atoms with Gasteiger partial charge in [-0.1, -0.05) is 24.3 Å². The first kappa shape index (κ1) is 11.4. The molecule has 0 radical (unpaired) electrons. The van der Waals surface area contributed by atoms with E-state index in [1.54, 1.807) is 11.3 Å². The van der Waals surface area contributed by atoms with Gasteiger partial charge in [-0.2, -0.15) is 0 Å². The van der Waals surface area contributed by atoms with Crippen molar-refractivity contribution < 1.29 is 4.79 Å². The average Bonchev–Trinajstić information content (AvgIpc) is 3.03. The zero-order valence-corrected chi connectivity index (χ0v) is 11.7. The van der Waals surface area contributed by atoms with E-state index >= 15 is 0 Å². The first-order chi connectivity index (χ1) is 9.25. The lowest BCUT2D eigenvalue weighted by Gasteiger charge is -2.13. The number of hydrogen-bond donors (Lipinski definition) is 0. The number of hydrogen-bond acceptors (Lipinski definition) is 2. The second kappa shape index (κ2) is 4.04. The maximum absolute atomic E-state index is 12.6. The SMILES string of the molecule is Cc1cc(C(=O)C2C3CCc4ccccc4C32)cs1. The van der Waals surface area contributed by atoms with E-state index < -0.39 is 0 Å². The second-order valence-electron chi connectivity index (χ2n) is 5.76. The Hall–Kier alpha value is -1.41. The predicted molar refractivity (Wildman–Crippen MR) is 77.9 cm³/mol. The van der Waals surface area contributed by atoms with Gasteiger partial charge in [0.05, 0.1) is 0 Å². The highest BCUT2D eigenvalue weighted by Gasteiger charge is 2.56. The monoisotopic (exact) mass is 268 g/mol. The minimum absolute atomic E-state index is 0.248. The van der Waals surface area contributed by atoms with Crippen LogP contribution in [-0.2, 0) is 6.42 Å². The fraction of sp³-hybridized carbons (Fsp3) is 0.353. The number of aryl methyl sites for hydroxylation is 2. The Morgan fingerprint density at radius 2 is 2.16 bits per heavy atom. The van der Waals surface area contributed by atoms with Gasteiger partial charge in [-0.15, -0.1) is 11.3 Å². The summed E-state index contributed by atoms with van der Waals surface area (Å²) in [5.41, 5.74) is 3.82. The Balaban J connectivity index is 1.65. The molecule has 3 unspecified atom stereocenters. The molecular weight excluding hydrogens is 252 g/mol. The summed E-state index contributed by atoms with van der Waals surface area (Å²) < 4.78 is 0. The van der Waals surface area contributed by atoms with Crippen molar-refractivity contribution in [3.63, 3.8) is 0 Å². The summed E-state index contributed by atoms with van der Waals surface area (Å²) in [5.74, 6) is 1.72. The van der Waals surface area contributed by atoms with Crippen LogP contribution in [0.15, 0.2) is 35.7 Å². The van der Waals surface area contributed by atoms with Crippen molar-refractivity contribution in [3.05, 3.63) is 57.3 Å². The summed E-state index contributed by atoms with van der Waals surface area (Å²) >= 11 is 1.68. The van der Waals surface area contributed by atoms with E-state index in [-0.39, 0.29) is 5.92 Å². The second-order valence-corrected chi connectivity index (χ2v) is 6.88. The van der Waals surface area contributed by atoms with Crippen LogP contribution >= 0.6 is 11.3 Å². The molecular formula is C17H16OS. The number of fused-ring (bicyclic) bond motifs is 3. The molecule has 2 aliphatic rings. The summed E-state index contributed by atoms with van der Waals surface area (Å²) in [6, 6.07) is 10.7. The molecule has 1 fully saturated rings. The third-order valence-corrected chi connectivity index (χ3v) is 5.51. The standard InChI is InChI=1S/C17H16OS/c1-10-8-12(9-19-10)17(18)16-14-7-6-11-4-2-3-5-13(11)15(14)16/h2-5,8-9,14-16H,6-7H2,1H3. The molecule has 1 aromatic carbocycles. The van der Waals surface area contributed by atoms with Crippen LogP contribution in [0.5, 0.6) is 0 Å².